The van der Waals surface area contributed by atoms with Crippen molar-refractivity contribution in [1.82, 2.24) is 5.32 Å². The number of piperazine rings is 1. The average Bonchev–Trinajstić information content (AvgIpc) is 2.71. The van der Waals surface area contributed by atoms with Gasteiger partial charge in [0.15, 0.2) is 0 Å². The summed E-state index contributed by atoms with van der Waals surface area (Å²) in [6, 6.07) is 14.4. The first-order valence-corrected chi connectivity index (χ1v) is 11.9. The van der Waals surface area contributed by atoms with Crippen molar-refractivity contribution in [2.75, 3.05) is 35.2 Å². The Labute approximate surface area is 192 Å². The number of benzene rings is 2. The van der Waals surface area contributed by atoms with E-state index in [9.17, 15) is 4.79 Å². The molecule has 4 nitrogen and oxygen atoms in total. The predicted molar refractivity (Wildman–Crippen MR) is 130 cm³/mol. The molecule has 2 atom stereocenters. The fourth-order valence-corrected chi connectivity index (χ4v) is 5.41. The molecule has 4 rings (SSSR count). The van der Waals surface area contributed by atoms with E-state index in [2.05, 4.69) is 42.3 Å². The molecular weight excluding hydrogens is 437 g/mol. The van der Waals surface area contributed by atoms with E-state index in [1.165, 1.54) is 5.69 Å². The van der Waals surface area contributed by atoms with Gasteiger partial charge >= 0.3 is 0 Å². The minimum absolute atomic E-state index is 0.0129. The quantitative estimate of drug-likeness (QED) is 0.628. The number of halogens is 2. The minimum Gasteiger partial charge on any atom is -0.366 e. The van der Waals surface area contributed by atoms with Crippen LogP contribution in [0.5, 0.6) is 0 Å². The smallest absolute Gasteiger partial charge is 0.264 e. The Bertz CT molecular complexity index is 960. The molecule has 2 unspecified atom stereocenters. The number of rotatable bonds is 3. The van der Waals surface area contributed by atoms with Crippen LogP contribution >= 0.6 is 35.0 Å². The van der Waals surface area contributed by atoms with Crippen molar-refractivity contribution < 1.29 is 4.79 Å². The first-order valence-electron chi connectivity index (χ1n) is 10.1. The second-order valence-electron chi connectivity index (χ2n) is 7.81. The third kappa shape index (κ3) is 4.65. The molecule has 2 fully saturated rings. The summed E-state index contributed by atoms with van der Waals surface area (Å²) in [4.78, 5) is 18.2. The summed E-state index contributed by atoms with van der Waals surface area (Å²) in [6.07, 6.45) is 2.03. The zero-order chi connectivity index (χ0) is 21.3. The van der Waals surface area contributed by atoms with Crippen LogP contribution in [0.2, 0.25) is 10.0 Å². The van der Waals surface area contributed by atoms with Gasteiger partial charge in [0.2, 0.25) is 0 Å². The number of amides is 1. The SMILES string of the molecule is CC1CN(c2ccccc2C=C2SCCN(c3cc(Cl)cc(Cl)c3)C2=O)C(C)CN1. The summed E-state index contributed by atoms with van der Waals surface area (Å²) in [7, 11) is 0. The first kappa shape index (κ1) is 21.6. The van der Waals surface area contributed by atoms with E-state index in [0.29, 0.717) is 28.7 Å². The minimum atomic E-state index is -0.0129. The van der Waals surface area contributed by atoms with Gasteiger partial charge in [-0.2, -0.15) is 0 Å². The molecule has 2 saturated heterocycles. The Morgan fingerprint density at radius 1 is 1.13 bits per heavy atom. The maximum absolute atomic E-state index is 13.3. The van der Waals surface area contributed by atoms with Gasteiger partial charge in [-0.3, -0.25) is 4.79 Å². The van der Waals surface area contributed by atoms with E-state index < -0.39 is 0 Å². The molecule has 2 heterocycles. The molecule has 0 bridgehead atoms. The predicted octanol–water partition coefficient (Wildman–Crippen LogP) is 5.30. The highest BCUT2D eigenvalue weighted by Gasteiger charge is 2.27. The molecule has 30 heavy (non-hydrogen) atoms. The Kier molecular flexibility index (Phi) is 6.63. The molecule has 2 aromatic rings. The van der Waals surface area contributed by atoms with Gasteiger partial charge < -0.3 is 15.1 Å². The number of carbonyl (C=O) groups is 1. The highest BCUT2D eigenvalue weighted by molar-refractivity contribution is 8.04. The maximum atomic E-state index is 13.3. The summed E-state index contributed by atoms with van der Waals surface area (Å²) >= 11 is 13.9. The molecule has 2 aromatic carbocycles. The molecule has 7 heteroatoms. The molecule has 0 radical (unpaired) electrons. The number of para-hydroxylation sites is 1. The lowest BCUT2D eigenvalue weighted by Crippen LogP contribution is -2.54. The number of anilines is 2. The van der Waals surface area contributed by atoms with Crippen molar-refractivity contribution >= 4 is 58.3 Å². The summed E-state index contributed by atoms with van der Waals surface area (Å²) in [5, 5.41) is 4.59. The normalized spacial score (nSPS) is 23.9. The van der Waals surface area contributed by atoms with Crippen LogP contribution in [0.25, 0.3) is 6.08 Å². The fourth-order valence-electron chi connectivity index (χ4n) is 3.96. The number of hydrogen-bond acceptors (Lipinski definition) is 4. The fraction of sp³-hybridized carbons (Fsp3) is 0.348. The molecule has 0 aliphatic carbocycles. The zero-order valence-electron chi connectivity index (χ0n) is 17.1. The van der Waals surface area contributed by atoms with E-state index in [-0.39, 0.29) is 5.91 Å². The van der Waals surface area contributed by atoms with Crippen molar-refractivity contribution in [2.45, 2.75) is 25.9 Å². The molecule has 0 spiro atoms. The molecule has 158 valence electrons. The Morgan fingerprint density at radius 3 is 2.63 bits per heavy atom. The first-order chi connectivity index (χ1) is 14.4. The molecule has 1 amide bonds. The Morgan fingerprint density at radius 2 is 1.87 bits per heavy atom. The van der Waals surface area contributed by atoms with Crippen molar-refractivity contribution in [3.63, 3.8) is 0 Å². The number of hydrogen-bond donors (Lipinski definition) is 1. The van der Waals surface area contributed by atoms with Gasteiger partial charge in [0.1, 0.15) is 0 Å². The van der Waals surface area contributed by atoms with Gasteiger partial charge in [0.05, 0.1) is 4.91 Å². The Hall–Kier alpha value is -1.66. The second-order valence-corrected chi connectivity index (χ2v) is 9.82. The van der Waals surface area contributed by atoms with E-state index >= 15 is 0 Å². The van der Waals surface area contributed by atoms with E-state index in [1.54, 1.807) is 34.9 Å². The highest BCUT2D eigenvalue weighted by Crippen LogP contribution is 2.34. The van der Waals surface area contributed by atoms with Crippen LogP contribution in [0, 0.1) is 0 Å². The third-order valence-electron chi connectivity index (χ3n) is 5.48. The van der Waals surface area contributed by atoms with Crippen LogP contribution in [-0.4, -0.2) is 43.4 Å². The van der Waals surface area contributed by atoms with Crippen LogP contribution in [0.1, 0.15) is 19.4 Å². The van der Waals surface area contributed by atoms with Crippen LogP contribution in [0.15, 0.2) is 47.4 Å². The number of carbonyl (C=O) groups excluding carboxylic acids is 1. The van der Waals surface area contributed by atoms with Crippen LogP contribution in [-0.2, 0) is 4.79 Å². The molecular formula is C23H25Cl2N3OS. The summed E-state index contributed by atoms with van der Waals surface area (Å²) in [5.74, 6) is 0.811. The maximum Gasteiger partial charge on any atom is 0.264 e. The van der Waals surface area contributed by atoms with E-state index in [1.807, 2.05) is 12.1 Å². The van der Waals surface area contributed by atoms with Crippen LogP contribution in [0.3, 0.4) is 0 Å². The van der Waals surface area contributed by atoms with Gasteiger partial charge in [-0.15, -0.1) is 11.8 Å². The van der Waals surface area contributed by atoms with Crippen LogP contribution in [0.4, 0.5) is 11.4 Å². The molecule has 2 aliphatic heterocycles. The largest absolute Gasteiger partial charge is 0.366 e. The van der Waals surface area contributed by atoms with Gasteiger partial charge in [-0.1, -0.05) is 41.4 Å². The van der Waals surface area contributed by atoms with Gasteiger partial charge in [0, 0.05) is 58.9 Å². The summed E-state index contributed by atoms with van der Waals surface area (Å²) < 4.78 is 0. The summed E-state index contributed by atoms with van der Waals surface area (Å²) in [6.45, 7) is 6.95. The molecule has 2 aliphatic rings. The monoisotopic (exact) mass is 461 g/mol. The lowest BCUT2D eigenvalue weighted by Gasteiger charge is -2.40. The van der Waals surface area contributed by atoms with Gasteiger partial charge in [-0.05, 0) is 49.8 Å². The standard InChI is InChI=1S/C23H25Cl2N3OS/c1-15-14-28(16(2)13-26-15)21-6-4-3-5-17(21)9-22-23(29)27(7-8-30-22)20-11-18(24)10-19(25)12-20/h3-6,9-12,15-16,26H,7-8,13-14H2,1-2H3. The zero-order valence-corrected chi connectivity index (χ0v) is 19.4. The van der Waals surface area contributed by atoms with E-state index in [0.717, 1.165) is 35.0 Å². The van der Waals surface area contributed by atoms with Crippen molar-refractivity contribution in [3.8, 4) is 0 Å². The van der Waals surface area contributed by atoms with Crippen molar-refractivity contribution in [1.29, 1.82) is 0 Å². The van der Waals surface area contributed by atoms with Gasteiger partial charge in [-0.25, -0.2) is 0 Å². The van der Waals surface area contributed by atoms with Crippen LogP contribution < -0.4 is 15.1 Å². The third-order valence-corrected chi connectivity index (χ3v) is 6.91. The topological polar surface area (TPSA) is 35.6 Å². The second kappa shape index (κ2) is 9.23. The lowest BCUT2D eigenvalue weighted by molar-refractivity contribution is -0.114. The van der Waals surface area contributed by atoms with Gasteiger partial charge in [0.25, 0.3) is 5.91 Å². The average molecular weight is 462 g/mol. The molecule has 0 saturated carbocycles. The summed E-state index contributed by atoms with van der Waals surface area (Å²) in [5.41, 5.74) is 2.98. The van der Waals surface area contributed by atoms with Crippen molar-refractivity contribution in [2.24, 2.45) is 0 Å². The molecule has 0 aromatic heterocycles. The highest BCUT2D eigenvalue weighted by atomic mass is 35.5. The van der Waals surface area contributed by atoms with E-state index in [4.69, 9.17) is 23.2 Å². The number of thioether (sulfide) groups is 1. The molecule has 1 N–H and O–H groups in total. The lowest BCUT2D eigenvalue weighted by atomic mass is 10.1. The number of nitrogens with one attached hydrogen (secondary N) is 1. The number of nitrogens with zero attached hydrogens (tertiary/aromatic N) is 2. The Balaban J connectivity index is 1.66. The van der Waals surface area contributed by atoms with Crippen molar-refractivity contribution in [3.05, 3.63) is 63.0 Å².